The Kier molecular flexibility index (Phi) is 5.95. The lowest BCUT2D eigenvalue weighted by molar-refractivity contribution is 0.415. The zero-order valence-corrected chi connectivity index (χ0v) is 21.1. The van der Waals surface area contributed by atoms with E-state index in [0.717, 1.165) is 24.5 Å². The van der Waals surface area contributed by atoms with E-state index in [1.807, 2.05) is 30.5 Å². The quantitative estimate of drug-likeness (QED) is 0.503. The highest BCUT2D eigenvalue weighted by atomic mass is 31.2. The Morgan fingerprint density at radius 2 is 1.69 bits per heavy atom. The average molecular weight is 452 g/mol. The average Bonchev–Trinajstić information content (AvgIpc) is 3.21. The van der Waals surface area contributed by atoms with Gasteiger partial charge in [-0.05, 0) is 23.8 Å². The maximum Gasteiger partial charge on any atom is 0.174 e. The maximum absolute atomic E-state index is 5.68. The normalized spacial score (nSPS) is 23.8. The summed E-state index contributed by atoms with van der Waals surface area (Å²) < 4.78 is 15.7. The van der Waals surface area contributed by atoms with Crippen LogP contribution in [0.2, 0.25) is 0 Å². The lowest BCUT2D eigenvalue weighted by Crippen LogP contribution is -2.30. The molecule has 2 heterocycles. The van der Waals surface area contributed by atoms with Crippen LogP contribution >= 0.6 is 7.36 Å². The van der Waals surface area contributed by atoms with Crippen molar-refractivity contribution in [3.05, 3.63) is 65.1 Å². The van der Waals surface area contributed by atoms with Crippen molar-refractivity contribution < 1.29 is 4.74 Å². The van der Waals surface area contributed by atoms with Crippen LogP contribution in [-0.2, 0) is 5.41 Å². The predicted molar refractivity (Wildman–Crippen MR) is 136 cm³/mol. The molecule has 6 nitrogen and oxygen atoms in total. The van der Waals surface area contributed by atoms with Gasteiger partial charge in [0, 0.05) is 44.0 Å². The SMILES string of the molecule is CCN(CC)[P@@]1(=Nc2ccccc2OC)/C(=C2\N(C)c3ccccc3C2(C)C)C=NN1C. The van der Waals surface area contributed by atoms with Crippen molar-refractivity contribution in [3.8, 4) is 5.75 Å². The van der Waals surface area contributed by atoms with E-state index >= 15 is 0 Å². The Hall–Kier alpha value is -2.56. The standard InChI is InChI=1S/C25H34N5OP/c1-8-30(9-2)32(27-20-15-11-13-17-22(20)31-7)23(18-26-29(32)6)24-25(3,4)19-14-10-12-16-21(19)28(24)5/h10-18H,8-9H2,1-7H3/b24-23-/t32-/m1/s1. The number of hydrazone groups is 1. The Balaban J connectivity index is 2.08. The molecule has 0 aliphatic carbocycles. The lowest BCUT2D eigenvalue weighted by atomic mass is 9.84. The van der Waals surface area contributed by atoms with Crippen LogP contribution in [0.3, 0.4) is 0 Å². The first kappa shape index (κ1) is 22.6. The molecule has 2 aromatic carbocycles. The highest BCUT2D eigenvalue weighted by Crippen LogP contribution is 2.69. The van der Waals surface area contributed by atoms with Gasteiger partial charge in [0.15, 0.2) is 7.36 Å². The van der Waals surface area contributed by atoms with Gasteiger partial charge in [0.05, 0.1) is 18.6 Å². The van der Waals surface area contributed by atoms with E-state index in [2.05, 4.69) is 80.4 Å². The summed E-state index contributed by atoms with van der Waals surface area (Å²) in [4.78, 5) is 2.34. The zero-order valence-electron chi connectivity index (χ0n) is 20.2. The largest absolute Gasteiger partial charge is 0.494 e. The molecule has 0 radical (unpaired) electrons. The van der Waals surface area contributed by atoms with Crippen LogP contribution in [0, 0.1) is 0 Å². The van der Waals surface area contributed by atoms with Crippen LogP contribution < -0.4 is 9.64 Å². The van der Waals surface area contributed by atoms with E-state index in [1.54, 1.807) is 7.11 Å². The number of hydrogen-bond donors (Lipinski definition) is 0. The Labute approximate surface area is 192 Å². The van der Waals surface area contributed by atoms with Crippen molar-refractivity contribution in [2.24, 2.45) is 9.85 Å². The smallest absolute Gasteiger partial charge is 0.174 e. The molecule has 0 amide bonds. The van der Waals surface area contributed by atoms with Crippen molar-refractivity contribution >= 4 is 24.9 Å². The second-order valence-corrected chi connectivity index (χ2v) is 11.6. The molecule has 0 saturated heterocycles. The van der Waals surface area contributed by atoms with Crippen molar-refractivity contribution in [3.63, 3.8) is 0 Å². The van der Waals surface area contributed by atoms with Crippen LogP contribution in [0.5, 0.6) is 5.75 Å². The number of nitrogens with zero attached hydrogens (tertiary/aromatic N) is 5. The molecule has 0 fully saturated rings. The van der Waals surface area contributed by atoms with Crippen molar-refractivity contribution in [2.45, 2.75) is 33.1 Å². The fourth-order valence-corrected chi connectivity index (χ4v) is 8.82. The fourth-order valence-electron chi connectivity index (χ4n) is 5.10. The summed E-state index contributed by atoms with van der Waals surface area (Å²) in [6, 6.07) is 16.7. The highest BCUT2D eigenvalue weighted by molar-refractivity contribution is 7.67. The molecule has 7 heteroatoms. The first-order chi connectivity index (χ1) is 15.3. The Morgan fingerprint density at radius 3 is 2.34 bits per heavy atom. The molecule has 4 rings (SSSR count). The molecule has 0 unspecified atom stereocenters. The first-order valence-corrected chi connectivity index (χ1v) is 12.8. The van der Waals surface area contributed by atoms with Crippen LogP contribution in [0.1, 0.15) is 33.3 Å². The summed E-state index contributed by atoms with van der Waals surface area (Å²) in [7, 11) is 3.54. The molecule has 2 aromatic rings. The number of ether oxygens (including phenoxy) is 1. The van der Waals surface area contributed by atoms with E-state index in [4.69, 9.17) is 14.6 Å². The lowest BCUT2D eigenvalue weighted by Gasteiger charge is -2.39. The topological polar surface area (TPSA) is 43.7 Å². The summed E-state index contributed by atoms with van der Waals surface area (Å²) in [5.41, 5.74) is 4.56. The van der Waals surface area contributed by atoms with E-state index in [1.165, 1.54) is 22.3 Å². The third-order valence-corrected chi connectivity index (χ3v) is 10.4. The summed E-state index contributed by atoms with van der Waals surface area (Å²) in [5, 5.41) is 6.05. The minimum Gasteiger partial charge on any atom is -0.494 e. The summed E-state index contributed by atoms with van der Waals surface area (Å²) in [5.74, 6) is 0.783. The third kappa shape index (κ3) is 3.20. The Morgan fingerprint density at radius 1 is 1.03 bits per heavy atom. The molecule has 0 spiro atoms. The van der Waals surface area contributed by atoms with E-state index in [9.17, 15) is 0 Å². The van der Waals surface area contributed by atoms with Crippen molar-refractivity contribution in [2.75, 3.05) is 39.2 Å². The number of anilines is 1. The minimum absolute atomic E-state index is 0.160. The minimum atomic E-state index is -2.39. The first-order valence-electron chi connectivity index (χ1n) is 11.2. The number of methoxy groups -OCH3 is 1. The molecule has 170 valence electrons. The molecule has 2 aliphatic heterocycles. The molecule has 1 atom stereocenters. The second-order valence-electron chi connectivity index (χ2n) is 8.65. The van der Waals surface area contributed by atoms with Gasteiger partial charge >= 0.3 is 0 Å². The van der Waals surface area contributed by atoms with Gasteiger partial charge in [-0.15, -0.1) is 0 Å². The second kappa shape index (κ2) is 8.42. The molecule has 0 bridgehead atoms. The van der Waals surface area contributed by atoms with Crippen LogP contribution in [0.15, 0.2) is 69.4 Å². The molecule has 0 N–H and O–H groups in total. The molecule has 0 saturated carbocycles. The number of benzene rings is 2. The van der Waals surface area contributed by atoms with Gasteiger partial charge in [0.1, 0.15) is 11.4 Å². The van der Waals surface area contributed by atoms with Gasteiger partial charge in [-0.25, -0.2) is 14.2 Å². The molecule has 0 aromatic heterocycles. The summed E-state index contributed by atoms with van der Waals surface area (Å²) in [6.45, 7) is 10.8. The molecule has 2 aliphatic rings. The molecular formula is C25H34N5OP. The van der Waals surface area contributed by atoms with E-state index in [-0.39, 0.29) is 5.41 Å². The van der Waals surface area contributed by atoms with E-state index in [0.29, 0.717) is 0 Å². The van der Waals surface area contributed by atoms with Gasteiger partial charge < -0.3 is 9.64 Å². The number of allylic oxidation sites excluding steroid dienone is 2. The van der Waals surface area contributed by atoms with Gasteiger partial charge in [0.2, 0.25) is 0 Å². The van der Waals surface area contributed by atoms with Gasteiger partial charge in [-0.1, -0.05) is 58.0 Å². The van der Waals surface area contributed by atoms with E-state index < -0.39 is 7.36 Å². The maximum atomic E-state index is 5.68. The van der Waals surface area contributed by atoms with Crippen molar-refractivity contribution in [1.82, 2.24) is 9.45 Å². The van der Waals surface area contributed by atoms with Crippen LogP contribution in [0.4, 0.5) is 11.4 Å². The third-order valence-electron chi connectivity index (χ3n) is 6.64. The molecule has 32 heavy (non-hydrogen) atoms. The summed E-state index contributed by atoms with van der Waals surface area (Å²) >= 11 is 0. The van der Waals surface area contributed by atoms with Gasteiger partial charge in [-0.3, -0.25) is 0 Å². The summed E-state index contributed by atoms with van der Waals surface area (Å²) in [6.07, 6.45) is 2.05. The number of para-hydroxylation sites is 2. The molecular weight excluding hydrogens is 417 g/mol. The zero-order chi connectivity index (χ0) is 23.1. The number of fused-ring (bicyclic) bond motifs is 1. The van der Waals surface area contributed by atoms with Gasteiger partial charge in [0.25, 0.3) is 0 Å². The predicted octanol–water partition coefficient (Wildman–Crippen LogP) is 6.27. The van der Waals surface area contributed by atoms with Crippen molar-refractivity contribution in [1.29, 1.82) is 0 Å². The highest BCUT2D eigenvalue weighted by Gasteiger charge is 2.47. The number of hydrogen-bond acceptors (Lipinski definition) is 4. The van der Waals surface area contributed by atoms with Gasteiger partial charge in [-0.2, -0.15) is 5.10 Å². The number of rotatable bonds is 5. The number of likely N-dealkylation sites (N-methyl/N-ethyl adjacent to an activating group) is 1. The van der Waals surface area contributed by atoms with Crippen LogP contribution in [-0.4, -0.2) is 50.0 Å². The monoisotopic (exact) mass is 451 g/mol. The Bertz CT molecular complexity index is 1130. The van der Waals surface area contributed by atoms with Crippen LogP contribution in [0.25, 0.3) is 0 Å². The fraction of sp³-hybridized carbons (Fsp3) is 0.400.